The van der Waals surface area contributed by atoms with Gasteiger partial charge < -0.3 is 5.32 Å². The molecule has 0 aromatic carbocycles. The van der Waals surface area contributed by atoms with Crippen molar-refractivity contribution in [1.82, 2.24) is 10.3 Å². The molecule has 0 atom stereocenters. The van der Waals surface area contributed by atoms with Crippen LogP contribution in [0.25, 0.3) is 0 Å². The third-order valence-electron chi connectivity index (χ3n) is 2.70. The molecule has 94 valence electrons. The van der Waals surface area contributed by atoms with Crippen LogP contribution in [-0.2, 0) is 12.8 Å². The Morgan fingerprint density at radius 1 is 1.18 bits per heavy atom. The third kappa shape index (κ3) is 6.22. The molecule has 0 fully saturated rings. The summed E-state index contributed by atoms with van der Waals surface area (Å²) in [4.78, 5) is 4.43. The van der Waals surface area contributed by atoms with Gasteiger partial charge in [0.15, 0.2) is 0 Å². The van der Waals surface area contributed by atoms with Gasteiger partial charge in [0.25, 0.3) is 0 Å². The first kappa shape index (κ1) is 13.9. The lowest BCUT2D eigenvalue weighted by molar-refractivity contribution is 0.678. The lowest BCUT2D eigenvalue weighted by atomic mass is 10.2. The first-order chi connectivity index (χ1) is 8.36. The second kappa shape index (κ2) is 8.94. The van der Waals surface area contributed by atoms with Crippen molar-refractivity contribution >= 4 is 0 Å². The number of hydrogen-bond acceptors (Lipinski definition) is 2. The molecular weight excluding hydrogens is 208 g/mol. The average molecular weight is 232 g/mol. The van der Waals surface area contributed by atoms with Crippen LogP contribution in [0.1, 0.15) is 37.9 Å². The lowest BCUT2D eigenvalue weighted by Gasteiger charge is -1.99. The summed E-state index contributed by atoms with van der Waals surface area (Å²) in [6.45, 7) is 6.54. The molecule has 0 radical (unpaired) electrons. The first-order valence-corrected chi connectivity index (χ1v) is 6.66. The van der Waals surface area contributed by atoms with Gasteiger partial charge in [-0.25, -0.2) is 0 Å². The molecule has 0 aliphatic heterocycles. The lowest BCUT2D eigenvalue weighted by Crippen LogP contribution is -2.15. The molecule has 0 aliphatic carbocycles. The van der Waals surface area contributed by atoms with Crippen molar-refractivity contribution in [1.29, 1.82) is 0 Å². The summed E-state index contributed by atoms with van der Waals surface area (Å²) in [5.74, 6) is 0. The molecule has 0 aliphatic rings. The van der Waals surface area contributed by atoms with Gasteiger partial charge >= 0.3 is 0 Å². The predicted octanol–water partition coefficient (Wildman–Crippen LogP) is 3.13. The fourth-order valence-corrected chi connectivity index (χ4v) is 1.59. The van der Waals surface area contributed by atoms with E-state index in [2.05, 4.69) is 48.4 Å². The molecule has 17 heavy (non-hydrogen) atoms. The van der Waals surface area contributed by atoms with Gasteiger partial charge in [-0.05, 0) is 44.0 Å². The van der Waals surface area contributed by atoms with E-state index >= 15 is 0 Å². The van der Waals surface area contributed by atoms with Crippen LogP contribution in [0.4, 0.5) is 0 Å². The number of allylic oxidation sites excluding steroid dienone is 1. The van der Waals surface area contributed by atoms with Crippen LogP contribution < -0.4 is 5.32 Å². The summed E-state index contributed by atoms with van der Waals surface area (Å²) in [6.07, 6.45) is 10.7. The largest absolute Gasteiger partial charge is 0.316 e. The van der Waals surface area contributed by atoms with Crippen LogP contribution in [0.5, 0.6) is 0 Å². The first-order valence-electron chi connectivity index (χ1n) is 6.66. The minimum absolute atomic E-state index is 0.942. The number of hydrogen-bond donors (Lipinski definition) is 1. The highest BCUT2D eigenvalue weighted by molar-refractivity contribution is 5.15. The van der Waals surface area contributed by atoms with Crippen molar-refractivity contribution in [3.8, 4) is 0 Å². The van der Waals surface area contributed by atoms with E-state index in [1.54, 1.807) is 0 Å². The number of aryl methyl sites for hydroxylation is 1. The molecule has 2 heteroatoms. The summed E-state index contributed by atoms with van der Waals surface area (Å²) in [5, 5.41) is 3.38. The Labute approximate surface area is 105 Å². The van der Waals surface area contributed by atoms with E-state index in [-0.39, 0.29) is 0 Å². The molecule has 1 aromatic heterocycles. The number of nitrogens with one attached hydrogen (secondary N) is 1. The quantitative estimate of drug-likeness (QED) is 0.550. The molecule has 1 N–H and O–H groups in total. The van der Waals surface area contributed by atoms with Gasteiger partial charge in [-0.1, -0.05) is 32.1 Å². The standard InChI is InChI=1S/C15H24N2/c1-3-11-16-12-7-5-6-8-15-10-9-14(4-2)13-17-15/h5-6,9-10,13,16H,3-4,7-8,11-12H2,1-2H3. The Balaban J connectivity index is 2.18. The van der Waals surface area contributed by atoms with Crippen molar-refractivity contribution in [3.05, 3.63) is 41.7 Å². The van der Waals surface area contributed by atoms with Crippen molar-refractivity contribution in [2.45, 2.75) is 39.5 Å². The van der Waals surface area contributed by atoms with Gasteiger partial charge in [0.2, 0.25) is 0 Å². The number of aromatic nitrogens is 1. The summed E-state index contributed by atoms with van der Waals surface area (Å²) in [6, 6.07) is 4.29. The van der Waals surface area contributed by atoms with Gasteiger partial charge in [0.1, 0.15) is 0 Å². The molecular formula is C15H24N2. The van der Waals surface area contributed by atoms with Crippen LogP contribution in [-0.4, -0.2) is 18.1 Å². The zero-order valence-electron chi connectivity index (χ0n) is 11.1. The molecule has 1 aromatic rings. The maximum atomic E-state index is 4.43. The Kier molecular flexibility index (Phi) is 7.32. The molecule has 1 heterocycles. The van der Waals surface area contributed by atoms with Gasteiger partial charge in [0.05, 0.1) is 0 Å². The monoisotopic (exact) mass is 232 g/mol. The zero-order valence-corrected chi connectivity index (χ0v) is 11.1. The summed E-state index contributed by atoms with van der Waals surface area (Å²) < 4.78 is 0. The van der Waals surface area contributed by atoms with Crippen molar-refractivity contribution in [2.24, 2.45) is 0 Å². The van der Waals surface area contributed by atoms with E-state index < -0.39 is 0 Å². The van der Waals surface area contributed by atoms with Crippen molar-refractivity contribution < 1.29 is 0 Å². The maximum absolute atomic E-state index is 4.43. The topological polar surface area (TPSA) is 24.9 Å². The fraction of sp³-hybridized carbons (Fsp3) is 0.533. The van der Waals surface area contributed by atoms with E-state index in [0.29, 0.717) is 0 Å². The minimum Gasteiger partial charge on any atom is -0.316 e. The molecule has 0 amide bonds. The van der Waals surface area contributed by atoms with Crippen LogP contribution in [0.3, 0.4) is 0 Å². The van der Waals surface area contributed by atoms with Crippen LogP contribution >= 0.6 is 0 Å². The van der Waals surface area contributed by atoms with Gasteiger partial charge in [-0.3, -0.25) is 4.98 Å². The molecule has 2 nitrogen and oxygen atoms in total. The normalized spacial score (nSPS) is 11.2. The Morgan fingerprint density at radius 3 is 2.71 bits per heavy atom. The van der Waals surface area contributed by atoms with E-state index in [4.69, 9.17) is 0 Å². The van der Waals surface area contributed by atoms with E-state index in [1.807, 2.05) is 6.20 Å². The van der Waals surface area contributed by atoms with E-state index in [1.165, 1.54) is 12.0 Å². The summed E-state index contributed by atoms with van der Waals surface area (Å²) in [7, 11) is 0. The van der Waals surface area contributed by atoms with Crippen LogP contribution in [0.15, 0.2) is 30.5 Å². The molecule has 0 spiro atoms. The number of nitrogens with zero attached hydrogens (tertiary/aromatic N) is 1. The van der Waals surface area contributed by atoms with Crippen LogP contribution in [0.2, 0.25) is 0 Å². The number of rotatable bonds is 8. The van der Waals surface area contributed by atoms with E-state index in [0.717, 1.165) is 38.0 Å². The maximum Gasteiger partial charge on any atom is 0.0441 e. The van der Waals surface area contributed by atoms with Crippen molar-refractivity contribution in [3.63, 3.8) is 0 Å². The Bertz CT molecular complexity index is 314. The highest BCUT2D eigenvalue weighted by Crippen LogP contribution is 2.02. The Hall–Kier alpha value is -1.15. The average Bonchev–Trinajstić information content (AvgIpc) is 2.38. The highest BCUT2D eigenvalue weighted by Gasteiger charge is 1.92. The van der Waals surface area contributed by atoms with Crippen LogP contribution in [0, 0.1) is 0 Å². The highest BCUT2D eigenvalue weighted by atomic mass is 14.8. The minimum atomic E-state index is 0.942. The second-order valence-electron chi connectivity index (χ2n) is 4.23. The third-order valence-corrected chi connectivity index (χ3v) is 2.70. The predicted molar refractivity (Wildman–Crippen MR) is 74.2 cm³/mol. The molecule has 0 saturated heterocycles. The van der Waals surface area contributed by atoms with Gasteiger partial charge in [-0.2, -0.15) is 0 Å². The molecule has 1 rings (SSSR count). The fourth-order valence-electron chi connectivity index (χ4n) is 1.59. The Morgan fingerprint density at radius 2 is 2.06 bits per heavy atom. The molecule has 0 bridgehead atoms. The van der Waals surface area contributed by atoms with Gasteiger partial charge in [-0.15, -0.1) is 0 Å². The smallest absolute Gasteiger partial charge is 0.0441 e. The van der Waals surface area contributed by atoms with E-state index in [9.17, 15) is 0 Å². The zero-order chi connectivity index (χ0) is 12.3. The summed E-state index contributed by atoms with van der Waals surface area (Å²) in [5.41, 5.74) is 2.46. The van der Waals surface area contributed by atoms with Crippen molar-refractivity contribution in [2.75, 3.05) is 13.1 Å². The number of pyridine rings is 1. The summed E-state index contributed by atoms with van der Waals surface area (Å²) >= 11 is 0. The SMILES string of the molecule is CCCNCCC=CCc1ccc(CC)cn1. The molecule has 0 saturated carbocycles. The molecule has 0 unspecified atom stereocenters. The van der Waals surface area contributed by atoms with Gasteiger partial charge in [0, 0.05) is 18.3 Å². The second-order valence-corrected chi connectivity index (χ2v) is 4.23.